The predicted octanol–water partition coefficient (Wildman–Crippen LogP) is 0.0755. The highest BCUT2D eigenvalue weighted by Gasteiger charge is 2.45. The van der Waals surface area contributed by atoms with Crippen molar-refractivity contribution >= 4 is 22.9 Å². The van der Waals surface area contributed by atoms with Crippen molar-refractivity contribution in [2.45, 2.75) is 37.1 Å². The number of aliphatic carboxylic acids is 1. The van der Waals surface area contributed by atoms with Crippen LogP contribution in [0.5, 0.6) is 17.2 Å². The van der Waals surface area contributed by atoms with Crippen LogP contribution in [0.2, 0.25) is 0 Å². The Labute approximate surface area is 207 Å². The van der Waals surface area contributed by atoms with Gasteiger partial charge in [0.15, 0.2) is 5.43 Å². The van der Waals surface area contributed by atoms with E-state index in [9.17, 15) is 39.9 Å². The molecule has 1 fully saturated rings. The number of fused-ring (bicyclic) bond motifs is 1. The molecule has 2 heterocycles. The van der Waals surface area contributed by atoms with Crippen LogP contribution in [-0.2, 0) is 19.1 Å². The molecule has 0 spiro atoms. The van der Waals surface area contributed by atoms with E-state index in [0.717, 1.165) is 12.1 Å². The summed E-state index contributed by atoms with van der Waals surface area (Å²) in [6.45, 7) is -0.648. The van der Waals surface area contributed by atoms with Gasteiger partial charge in [-0.15, -0.1) is 0 Å². The monoisotopic (exact) mass is 518 g/mol. The second kappa shape index (κ2) is 10.4. The molecule has 13 nitrogen and oxygen atoms in total. The van der Waals surface area contributed by atoms with Crippen LogP contribution in [0.3, 0.4) is 0 Å². The zero-order valence-electron chi connectivity index (χ0n) is 18.9. The molecule has 37 heavy (non-hydrogen) atoms. The Morgan fingerprint density at radius 3 is 2.32 bits per heavy atom. The normalized spacial score (nSPS) is 23.5. The van der Waals surface area contributed by atoms with Crippen molar-refractivity contribution in [3.05, 3.63) is 52.7 Å². The molecule has 2 aromatic carbocycles. The van der Waals surface area contributed by atoms with E-state index in [1.807, 2.05) is 0 Å². The lowest BCUT2D eigenvalue weighted by atomic mass is 9.99. The summed E-state index contributed by atoms with van der Waals surface area (Å²) in [4.78, 5) is 34.7. The molecule has 0 saturated carbocycles. The number of esters is 1. The summed E-state index contributed by atoms with van der Waals surface area (Å²) < 4.78 is 21.4. The van der Waals surface area contributed by atoms with E-state index < -0.39 is 66.9 Å². The Kier molecular flexibility index (Phi) is 7.31. The zero-order valence-corrected chi connectivity index (χ0v) is 18.9. The summed E-state index contributed by atoms with van der Waals surface area (Å²) in [6.07, 6.45) is -9.24. The molecule has 1 saturated heterocycles. The fourth-order valence-electron chi connectivity index (χ4n) is 3.71. The molecule has 4 rings (SSSR count). The molecule has 0 radical (unpaired) electrons. The van der Waals surface area contributed by atoms with Crippen molar-refractivity contribution in [2.24, 2.45) is 0 Å². The minimum absolute atomic E-state index is 0.00789. The van der Waals surface area contributed by atoms with Crippen LogP contribution < -0.4 is 10.2 Å². The van der Waals surface area contributed by atoms with E-state index in [1.165, 1.54) is 30.3 Å². The van der Waals surface area contributed by atoms with Crippen LogP contribution >= 0.6 is 0 Å². The Morgan fingerprint density at radius 1 is 0.946 bits per heavy atom. The van der Waals surface area contributed by atoms with Gasteiger partial charge in [-0.05, 0) is 24.3 Å². The molecule has 0 aliphatic carbocycles. The standard InChI is InChI=1S/C24H22O13/c25-11-3-1-10(2-4-11)15-7-14(27)20-13(26)5-12(6-16(20)36-15)35-24-23(33)22(32)21(31)17(37-24)9-34-19(30)8-18(28)29/h1-7,17,21-26,31-33H,8-9H2,(H,28,29)/t17?,21-,22+,23?,24-/m1/s1. The van der Waals surface area contributed by atoms with Gasteiger partial charge in [-0.25, -0.2) is 0 Å². The minimum Gasteiger partial charge on any atom is -0.508 e. The number of ether oxygens (including phenoxy) is 3. The van der Waals surface area contributed by atoms with Gasteiger partial charge in [0.25, 0.3) is 0 Å². The van der Waals surface area contributed by atoms with E-state index in [0.29, 0.717) is 5.56 Å². The largest absolute Gasteiger partial charge is 0.508 e. The summed E-state index contributed by atoms with van der Waals surface area (Å²) in [7, 11) is 0. The van der Waals surface area contributed by atoms with Gasteiger partial charge in [0.1, 0.15) is 71.4 Å². The summed E-state index contributed by atoms with van der Waals surface area (Å²) in [5, 5.41) is 59.0. The van der Waals surface area contributed by atoms with Crippen molar-refractivity contribution in [2.75, 3.05) is 6.61 Å². The number of benzene rings is 2. The quantitative estimate of drug-likeness (QED) is 0.181. The molecule has 196 valence electrons. The first kappa shape index (κ1) is 25.9. The van der Waals surface area contributed by atoms with Crippen LogP contribution in [0.25, 0.3) is 22.3 Å². The van der Waals surface area contributed by atoms with Crippen LogP contribution in [-0.4, -0.2) is 79.9 Å². The van der Waals surface area contributed by atoms with Gasteiger partial charge < -0.3 is 49.3 Å². The molecular weight excluding hydrogens is 496 g/mol. The van der Waals surface area contributed by atoms with Crippen molar-refractivity contribution < 1.29 is 58.9 Å². The number of phenolic OH excluding ortho intramolecular Hbond substituents is 2. The van der Waals surface area contributed by atoms with Gasteiger partial charge in [0.2, 0.25) is 6.29 Å². The summed E-state index contributed by atoms with van der Waals surface area (Å²) in [5.74, 6) is -3.06. The van der Waals surface area contributed by atoms with Crippen LogP contribution in [0.4, 0.5) is 0 Å². The molecule has 3 aromatic rings. The number of rotatable bonds is 7. The molecule has 0 bridgehead atoms. The maximum atomic E-state index is 12.6. The number of carboxylic acids is 1. The number of hydrogen-bond donors (Lipinski definition) is 6. The maximum Gasteiger partial charge on any atom is 0.317 e. The van der Waals surface area contributed by atoms with Crippen molar-refractivity contribution in [1.82, 2.24) is 0 Å². The van der Waals surface area contributed by atoms with Crippen molar-refractivity contribution in [3.8, 4) is 28.6 Å². The fourth-order valence-corrected chi connectivity index (χ4v) is 3.71. The van der Waals surface area contributed by atoms with E-state index in [-0.39, 0.29) is 28.2 Å². The minimum atomic E-state index is -1.80. The highest BCUT2D eigenvalue weighted by atomic mass is 16.7. The Hall–Kier alpha value is -4.17. The molecule has 0 amide bonds. The average Bonchev–Trinajstić information content (AvgIpc) is 2.83. The van der Waals surface area contributed by atoms with E-state index in [4.69, 9.17) is 23.7 Å². The third-order valence-electron chi connectivity index (χ3n) is 5.56. The summed E-state index contributed by atoms with van der Waals surface area (Å²) >= 11 is 0. The number of carbonyl (C=O) groups is 2. The van der Waals surface area contributed by atoms with Gasteiger partial charge in [-0.2, -0.15) is 0 Å². The highest BCUT2D eigenvalue weighted by molar-refractivity contribution is 5.90. The Bertz CT molecular complexity index is 1360. The first-order valence-electron chi connectivity index (χ1n) is 10.9. The Morgan fingerprint density at radius 2 is 1.65 bits per heavy atom. The number of carboxylic acid groups (broad SMARTS) is 1. The van der Waals surface area contributed by atoms with Crippen LogP contribution in [0.1, 0.15) is 6.42 Å². The highest BCUT2D eigenvalue weighted by Crippen LogP contribution is 2.33. The van der Waals surface area contributed by atoms with Crippen molar-refractivity contribution in [1.29, 1.82) is 0 Å². The molecule has 2 unspecified atom stereocenters. The Balaban J connectivity index is 1.58. The van der Waals surface area contributed by atoms with Gasteiger partial charge in [-0.1, -0.05) is 0 Å². The van der Waals surface area contributed by atoms with Crippen molar-refractivity contribution in [3.63, 3.8) is 0 Å². The van der Waals surface area contributed by atoms with Crippen LogP contribution in [0, 0.1) is 0 Å². The van der Waals surface area contributed by atoms with E-state index in [1.54, 1.807) is 0 Å². The molecular formula is C24H22O13. The van der Waals surface area contributed by atoms with Gasteiger partial charge in [-0.3, -0.25) is 14.4 Å². The topological polar surface area (TPSA) is 213 Å². The lowest BCUT2D eigenvalue weighted by Gasteiger charge is -2.39. The second-order valence-electron chi connectivity index (χ2n) is 8.22. The molecule has 5 atom stereocenters. The zero-order chi connectivity index (χ0) is 26.9. The van der Waals surface area contributed by atoms with Gasteiger partial charge in [0.05, 0.1) is 0 Å². The smallest absolute Gasteiger partial charge is 0.317 e. The number of aromatic hydroxyl groups is 2. The fraction of sp³-hybridized carbons (Fsp3) is 0.292. The SMILES string of the molecule is O=C(O)CC(=O)OCC1O[C@@H](Oc2cc(O)c3c(=O)cc(-c4ccc(O)cc4)oc3c2)C(O)[C@@H](O)[C@@H]1O. The summed E-state index contributed by atoms with van der Waals surface area (Å²) in [5.41, 5.74) is -0.189. The van der Waals surface area contributed by atoms with Crippen LogP contribution in [0.15, 0.2) is 51.7 Å². The number of hydrogen-bond acceptors (Lipinski definition) is 12. The number of carbonyl (C=O) groups excluding carboxylic acids is 1. The maximum absolute atomic E-state index is 12.6. The summed E-state index contributed by atoms with van der Waals surface area (Å²) in [6, 6.07) is 9.27. The second-order valence-corrected chi connectivity index (χ2v) is 8.22. The first-order chi connectivity index (χ1) is 17.5. The first-order valence-corrected chi connectivity index (χ1v) is 10.9. The molecule has 13 heteroatoms. The van der Waals surface area contributed by atoms with Gasteiger partial charge >= 0.3 is 11.9 Å². The number of phenols is 2. The molecule has 1 aliphatic heterocycles. The third-order valence-corrected chi connectivity index (χ3v) is 5.56. The average molecular weight is 518 g/mol. The molecule has 1 aromatic heterocycles. The number of aliphatic hydroxyl groups is 3. The third kappa shape index (κ3) is 5.65. The number of aliphatic hydroxyl groups excluding tert-OH is 3. The molecule has 1 aliphatic rings. The van der Waals surface area contributed by atoms with E-state index in [2.05, 4.69) is 0 Å². The lowest BCUT2D eigenvalue weighted by molar-refractivity contribution is -0.278. The van der Waals surface area contributed by atoms with E-state index >= 15 is 0 Å². The van der Waals surface area contributed by atoms with Gasteiger partial charge in [0, 0.05) is 23.8 Å². The molecule has 6 N–H and O–H groups in total. The predicted molar refractivity (Wildman–Crippen MR) is 122 cm³/mol. The lowest BCUT2D eigenvalue weighted by Crippen LogP contribution is -2.60.